The third-order valence-electron chi connectivity index (χ3n) is 3.04. The van der Waals surface area contributed by atoms with E-state index in [1.807, 2.05) is 6.92 Å². The van der Waals surface area contributed by atoms with E-state index in [1.54, 1.807) is 36.2 Å². The quantitative estimate of drug-likeness (QED) is 0.668. The van der Waals surface area contributed by atoms with Gasteiger partial charge in [0, 0.05) is 37.8 Å². The number of hydrogen-bond donors (Lipinski definition) is 3. The largest absolute Gasteiger partial charge is 0.481 e. The summed E-state index contributed by atoms with van der Waals surface area (Å²) >= 11 is 0. The molecule has 120 valence electrons. The summed E-state index contributed by atoms with van der Waals surface area (Å²) in [7, 11) is 1.71. The number of rotatable bonds is 7. The third-order valence-corrected chi connectivity index (χ3v) is 3.04. The molecule has 0 fully saturated rings. The second kappa shape index (κ2) is 8.66. The molecule has 0 saturated carbocycles. The Kier molecular flexibility index (Phi) is 6.88. The van der Waals surface area contributed by atoms with Crippen molar-refractivity contribution in [1.82, 2.24) is 10.2 Å². The van der Waals surface area contributed by atoms with Gasteiger partial charge in [0.15, 0.2) is 0 Å². The summed E-state index contributed by atoms with van der Waals surface area (Å²) in [6.07, 6.45) is 0.371. The molecule has 0 aliphatic carbocycles. The summed E-state index contributed by atoms with van der Waals surface area (Å²) in [5.74, 6) is -1.01. The number of urea groups is 1. The molecule has 0 unspecified atom stereocenters. The molecule has 1 rings (SSSR count). The SMILES string of the molecule is CCN(C)C(=O)c1cccc(NC(=O)NCCCC(=O)O)c1. The average molecular weight is 307 g/mol. The second-order valence-electron chi connectivity index (χ2n) is 4.78. The van der Waals surface area contributed by atoms with E-state index in [0.29, 0.717) is 24.2 Å². The Balaban J connectivity index is 2.54. The first kappa shape index (κ1) is 17.5. The first-order chi connectivity index (χ1) is 10.4. The Hall–Kier alpha value is -2.57. The summed E-state index contributed by atoms with van der Waals surface area (Å²) in [5, 5.41) is 13.7. The molecule has 0 aliphatic rings. The number of aliphatic carboxylic acids is 1. The van der Waals surface area contributed by atoms with Gasteiger partial charge in [-0.3, -0.25) is 9.59 Å². The number of carbonyl (C=O) groups is 3. The molecular weight excluding hydrogens is 286 g/mol. The molecule has 7 nitrogen and oxygen atoms in total. The number of nitrogens with one attached hydrogen (secondary N) is 2. The molecule has 3 amide bonds. The summed E-state index contributed by atoms with van der Waals surface area (Å²) < 4.78 is 0. The number of carboxylic acid groups (broad SMARTS) is 1. The maximum atomic E-state index is 12.0. The average Bonchev–Trinajstić information content (AvgIpc) is 2.50. The van der Waals surface area contributed by atoms with Crippen LogP contribution >= 0.6 is 0 Å². The number of amides is 3. The van der Waals surface area contributed by atoms with Gasteiger partial charge in [-0.25, -0.2) is 4.79 Å². The summed E-state index contributed by atoms with van der Waals surface area (Å²) in [6.45, 7) is 2.75. The highest BCUT2D eigenvalue weighted by molar-refractivity contribution is 5.96. The standard InChI is InChI=1S/C15H21N3O4/c1-3-18(2)14(21)11-6-4-7-12(10-11)17-15(22)16-9-5-8-13(19)20/h4,6-7,10H,3,5,8-9H2,1-2H3,(H,19,20)(H2,16,17,22). The van der Waals surface area contributed by atoms with Crippen molar-refractivity contribution < 1.29 is 19.5 Å². The molecule has 0 aliphatic heterocycles. The predicted molar refractivity (Wildman–Crippen MR) is 83.0 cm³/mol. The molecular formula is C15H21N3O4. The molecule has 1 aromatic rings. The Morgan fingerprint density at radius 2 is 2.00 bits per heavy atom. The van der Waals surface area contributed by atoms with Gasteiger partial charge in [-0.15, -0.1) is 0 Å². The molecule has 0 radical (unpaired) electrons. The number of anilines is 1. The van der Waals surface area contributed by atoms with Gasteiger partial charge in [-0.1, -0.05) is 6.07 Å². The van der Waals surface area contributed by atoms with Gasteiger partial charge < -0.3 is 20.6 Å². The Bertz CT molecular complexity index is 545. The van der Waals surface area contributed by atoms with Crippen LogP contribution in [0.15, 0.2) is 24.3 Å². The normalized spacial score (nSPS) is 9.91. The van der Waals surface area contributed by atoms with Gasteiger partial charge in [0.1, 0.15) is 0 Å². The van der Waals surface area contributed by atoms with Crippen molar-refractivity contribution in [3.8, 4) is 0 Å². The summed E-state index contributed by atoms with van der Waals surface area (Å²) in [6, 6.07) is 6.23. The van der Waals surface area contributed by atoms with Crippen LogP contribution in [0.3, 0.4) is 0 Å². The molecule has 7 heteroatoms. The maximum Gasteiger partial charge on any atom is 0.319 e. The molecule has 0 aromatic heterocycles. The maximum absolute atomic E-state index is 12.0. The van der Waals surface area contributed by atoms with Crippen LogP contribution in [-0.2, 0) is 4.79 Å². The zero-order chi connectivity index (χ0) is 16.5. The van der Waals surface area contributed by atoms with Gasteiger partial charge in [-0.05, 0) is 31.5 Å². The molecule has 0 spiro atoms. The molecule has 0 atom stereocenters. The zero-order valence-corrected chi connectivity index (χ0v) is 12.8. The van der Waals surface area contributed by atoms with Gasteiger partial charge in [0.05, 0.1) is 0 Å². The van der Waals surface area contributed by atoms with Crippen molar-refractivity contribution in [2.24, 2.45) is 0 Å². The molecule has 3 N–H and O–H groups in total. The van der Waals surface area contributed by atoms with Crippen molar-refractivity contribution >= 4 is 23.6 Å². The monoisotopic (exact) mass is 307 g/mol. The summed E-state index contributed by atoms with van der Waals surface area (Å²) in [5.41, 5.74) is 0.999. The van der Waals surface area contributed by atoms with E-state index in [0.717, 1.165) is 0 Å². The minimum atomic E-state index is -0.895. The lowest BCUT2D eigenvalue weighted by Gasteiger charge is -2.15. The first-order valence-electron chi connectivity index (χ1n) is 7.06. The fraction of sp³-hybridized carbons (Fsp3) is 0.400. The van der Waals surface area contributed by atoms with E-state index in [1.165, 1.54) is 0 Å². The van der Waals surface area contributed by atoms with Crippen LogP contribution in [0.5, 0.6) is 0 Å². The number of hydrogen-bond acceptors (Lipinski definition) is 3. The van der Waals surface area contributed by atoms with Crippen LogP contribution in [0, 0.1) is 0 Å². The van der Waals surface area contributed by atoms with Crippen LogP contribution in [0.1, 0.15) is 30.1 Å². The number of benzene rings is 1. The summed E-state index contributed by atoms with van der Waals surface area (Å²) in [4.78, 5) is 35.6. The highest BCUT2D eigenvalue weighted by atomic mass is 16.4. The fourth-order valence-corrected chi connectivity index (χ4v) is 1.71. The van der Waals surface area contributed by atoms with E-state index >= 15 is 0 Å². The first-order valence-corrected chi connectivity index (χ1v) is 7.06. The van der Waals surface area contributed by atoms with Gasteiger partial charge >= 0.3 is 12.0 Å². The lowest BCUT2D eigenvalue weighted by atomic mass is 10.2. The van der Waals surface area contributed by atoms with Crippen LogP contribution in [0.25, 0.3) is 0 Å². The van der Waals surface area contributed by atoms with Crippen LogP contribution in [0.2, 0.25) is 0 Å². The predicted octanol–water partition coefficient (Wildman–Crippen LogP) is 1.76. The van der Waals surface area contributed by atoms with E-state index < -0.39 is 12.0 Å². The third kappa shape index (κ3) is 5.82. The van der Waals surface area contributed by atoms with Crippen LogP contribution in [-0.4, -0.2) is 48.1 Å². The molecule has 0 saturated heterocycles. The number of carbonyl (C=O) groups excluding carboxylic acids is 2. The van der Waals surface area contributed by atoms with Crippen molar-refractivity contribution in [3.05, 3.63) is 29.8 Å². The Morgan fingerprint density at radius 3 is 2.64 bits per heavy atom. The molecule has 0 heterocycles. The molecule has 1 aromatic carbocycles. The number of nitrogens with zero attached hydrogens (tertiary/aromatic N) is 1. The van der Waals surface area contributed by atoms with Crippen molar-refractivity contribution in [2.45, 2.75) is 19.8 Å². The minimum absolute atomic E-state index is 0.00756. The van der Waals surface area contributed by atoms with Crippen LogP contribution < -0.4 is 10.6 Å². The minimum Gasteiger partial charge on any atom is -0.481 e. The topological polar surface area (TPSA) is 98.7 Å². The lowest BCUT2D eigenvalue weighted by Crippen LogP contribution is -2.30. The molecule has 22 heavy (non-hydrogen) atoms. The lowest BCUT2D eigenvalue weighted by molar-refractivity contribution is -0.137. The van der Waals surface area contributed by atoms with Crippen LogP contribution in [0.4, 0.5) is 10.5 Å². The molecule has 0 bridgehead atoms. The Labute approximate surface area is 129 Å². The van der Waals surface area contributed by atoms with Gasteiger partial charge in [0.2, 0.25) is 0 Å². The zero-order valence-electron chi connectivity index (χ0n) is 12.8. The highest BCUT2D eigenvalue weighted by Gasteiger charge is 2.11. The number of carboxylic acids is 1. The van der Waals surface area contributed by atoms with E-state index in [4.69, 9.17) is 5.11 Å². The van der Waals surface area contributed by atoms with Crippen molar-refractivity contribution in [1.29, 1.82) is 0 Å². The van der Waals surface area contributed by atoms with Crippen molar-refractivity contribution in [2.75, 3.05) is 25.5 Å². The highest BCUT2D eigenvalue weighted by Crippen LogP contribution is 2.12. The van der Waals surface area contributed by atoms with E-state index in [9.17, 15) is 14.4 Å². The second-order valence-corrected chi connectivity index (χ2v) is 4.78. The van der Waals surface area contributed by atoms with E-state index in [-0.39, 0.29) is 18.9 Å². The Morgan fingerprint density at radius 1 is 1.27 bits per heavy atom. The van der Waals surface area contributed by atoms with Crippen molar-refractivity contribution in [3.63, 3.8) is 0 Å². The van der Waals surface area contributed by atoms with E-state index in [2.05, 4.69) is 10.6 Å². The van der Waals surface area contributed by atoms with Gasteiger partial charge in [-0.2, -0.15) is 0 Å². The smallest absolute Gasteiger partial charge is 0.319 e. The van der Waals surface area contributed by atoms with Gasteiger partial charge in [0.25, 0.3) is 5.91 Å². The fourth-order valence-electron chi connectivity index (χ4n) is 1.71.